The molecule has 1 aromatic carbocycles. The van der Waals surface area contributed by atoms with Crippen molar-refractivity contribution >= 4 is 16.9 Å². The second kappa shape index (κ2) is 6.67. The highest BCUT2D eigenvalue weighted by molar-refractivity contribution is 5.78. The number of carbonyl (C=O) groups is 1. The summed E-state index contributed by atoms with van der Waals surface area (Å²) < 4.78 is 2.30. The molecule has 2 aromatic rings. The summed E-state index contributed by atoms with van der Waals surface area (Å²) in [5.74, 6) is 1.36. The Labute approximate surface area is 154 Å². The second-order valence-corrected chi connectivity index (χ2v) is 7.88. The van der Waals surface area contributed by atoms with E-state index in [0.717, 1.165) is 63.2 Å². The number of amides is 1. The van der Waals surface area contributed by atoms with Crippen molar-refractivity contribution in [3.63, 3.8) is 0 Å². The van der Waals surface area contributed by atoms with Crippen molar-refractivity contribution < 1.29 is 4.79 Å². The summed E-state index contributed by atoms with van der Waals surface area (Å²) in [6.45, 7) is 7.00. The van der Waals surface area contributed by atoms with Crippen LogP contribution in [0.4, 0.5) is 0 Å². The van der Waals surface area contributed by atoms with Crippen LogP contribution in [0, 0.1) is 0 Å². The second-order valence-electron chi connectivity index (χ2n) is 7.88. The minimum absolute atomic E-state index is 0.280. The van der Waals surface area contributed by atoms with Gasteiger partial charge in [-0.2, -0.15) is 0 Å². The van der Waals surface area contributed by atoms with Crippen LogP contribution in [-0.2, 0) is 17.9 Å². The van der Waals surface area contributed by atoms with Crippen LogP contribution < -0.4 is 0 Å². The van der Waals surface area contributed by atoms with E-state index < -0.39 is 0 Å². The molecule has 0 N–H and O–H groups in total. The van der Waals surface area contributed by atoms with Gasteiger partial charge < -0.3 is 9.47 Å². The fourth-order valence-corrected chi connectivity index (χ4v) is 4.53. The van der Waals surface area contributed by atoms with E-state index >= 15 is 0 Å². The first kappa shape index (κ1) is 16.3. The third-order valence-electron chi connectivity index (χ3n) is 6.36. The first-order valence-electron chi connectivity index (χ1n) is 9.96. The van der Waals surface area contributed by atoms with Gasteiger partial charge in [-0.1, -0.05) is 18.6 Å². The number of aromatic nitrogens is 2. The lowest BCUT2D eigenvalue weighted by atomic mass is 9.91. The van der Waals surface area contributed by atoms with Crippen LogP contribution in [0.25, 0.3) is 11.0 Å². The quantitative estimate of drug-likeness (QED) is 0.840. The molecule has 1 aromatic heterocycles. The topological polar surface area (TPSA) is 44.6 Å². The monoisotopic (exact) mass is 353 g/mol. The van der Waals surface area contributed by atoms with Gasteiger partial charge in [-0.05, 0) is 25.0 Å². The molecule has 26 heavy (non-hydrogen) atoms. The highest BCUT2D eigenvalue weighted by atomic mass is 16.2. The number of fused-ring (bicyclic) bond motifs is 3. The SMILES string of the molecule is O=C(CN1CCn2c(nc3ccccc32)C1)N1CCN(C2CCC2)CC1. The van der Waals surface area contributed by atoms with Crippen LogP contribution in [0.15, 0.2) is 24.3 Å². The van der Waals surface area contributed by atoms with Crippen molar-refractivity contribution in [3.05, 3.63) is 30.1 Å². The summed E-state index contributed by atoms with van der Waals surface area (Å²) in [5.41, 5.74) is 2.27. The number of para-hydroxylation sites is 2. The molecule has 3 aliphatic rings. The predicted molar refractivity (Wildman–Crippen MR) is 101 cm³/mol. The lowest BCUT2D eigenvalue weighted by Crippen LogP contribution is -2.55. The van der Waals surface area contributed by atoms with Crippen molar-refractivity contribution in [2.24, 2.45) is 0 Å². The molecular weight excluding hydrogens is 326 g/mol. The summed E-state index contributed by atoms with van der Waals surface area (Å²) in [6, 6.07) is 9.09. The maximum Gasteiger partial charge on any atom is 0.236 e. The smallest absolute Gasteiger partial charge is 0.236 e. The fourth-order valence-electron chi connectivity index (χ4n) is 4.53. The highest BCUT2D eigenvalue weighted by Gasteiger charge is 2.30. The fraction of sp³-hybridized carbons (Fsp3) is 0.600. The van der Waals surface area contributed by atoms with Crippen molar-refractivity contribution in [2.45, 2.75) is 38.4 Å². The maximum absolute atomic E-state index is 12.7. The van der Waals surface area contributed by atoms with E-state index in [2.05, 4.69) is 37.5 Å². The normalized spacial score (nSPS) is 22.4. The van der Waals surface area contributed by atoms with E-state index in [0.29, 0.717) is 6.54 Å². The van der Waals surface area contributed by atoms with Crippen molar-refractivity contribution in [1.29, 1.82) is 0 Å². The van der Waals surface area contributed by atoms with Gasteiger partial charge in [0.05, 0.1) is 24.1 Å². The molecule has 1 saturated heterocycles. The Balaban J connectivity index is 1.19. The molecule has 138 valence electrons. The van der Waals surface area contributed by atoms with E-state index in [1.54, 1.807) is 0 Å². The molecular formula is C20H27N5O. The first-order chi connectivity index (χ1) is 12.8. The van der Waals surface area contributed by atoms with Gasteiger partial charge in [0.15, 0.2) is 0 Å². The zero-order chi connectivity index (χ0) is 17.5. The Morgan fingerprint density at radius 2 is 1.85 bits per heavy atom. The first-order valence-corrected chi connectivity index (χ1v) is 9.96. The molecule has 0 atom stereocenters. The van der Waals surface area contributed by atoms with Crippen LogP contribution in [0.2, 0.25) is 0 Å². The molecule has 0 spiro atoms. The van der Waals surface area contributed by atoms with Crippen molar-refractivity contribution in [1.82, 2.24) is 24.3 Å². The molecule has 1 saturated carbocycles. The molecule has 3 heterocycles. The minimum Gasteiger partial charge on any atom is -0.339 e. The average Bonchev–Trinajstić information content (AvgIpc) is 2.98. The number of imidazole rings is 1. The summed E-state index contributed by atoms with van der Waals surface area (Å²) in [6.07, 6.45) is 4.08. The number of rotatable bonds is 3. The highest BCUT2D eigenvalue weighted by Crippen LogP contribution is 2.25. The van der Waals surface area contributed by atoms with E-state index in [4.69, 9.17) is 4.98 Å². The van der Waals surface area contributed by atoms with E-state index in [1.165, 1.54) is 24.8 Å². The predicted octanol–water partition coefficient (Wildman–Crippen LogP) is 1.55. The Bertz CT molecular complexity index is 804. The van der Waals surface area contributed by atoms with E-state index in [-0.39, 0.29) is 5.91 Å². The Morgan fingerprint density at radius 3 is 2.62 bits per heavy atom. The molecule has 1 amide bonds. The number of hydrogen-bond acceptors (Lipinski definition) is 4. The van der Waals surface area contributed by atoms with Gasteiger partial charge in [0.25, 0.3) is 0 Å². The van der Waals surface area contributed by atoms with Gasteiger partial charge in [0, 0.05) is 45.3 Å². The standard InChI is InChI=1S/C20H27N5O/c26-20(24-11-9-23(10-12-24)16-4-3-5-16)15-22-8-13-25-18-7-2-1-6-17(18)21-19(25)14-22/h1-2,6-7,16H,3-5,8-15H2. The van der Waals surface area contributed by atoms with Crippen molar-refractivity contribution in [2.75, 3.05) is 39.3 Å². The van der Waals surface area contributed by atoms with Gasteiger partial charge in [0.2, 0.25) is 5.91 Å². The molecule has 0 bridgehead atoms. The minimum atomic E-state index is 0.280. The molecule has 1 aliphatic carbocycles. The molecule has 0 unspecified atom stereocenters. The summed E-state index contributed by atoms with van der Waals surface area (Å²) in [5, 5.41) is 0. The number of benzene rings is 1. The zero-order valence-electron chi connectivity index (χ0n) is 15.3. The summed E-state index contributed by atoms with van der Waals surface area (Å²) in [4.78, 5) is 24.4. The summed E-state index contributed by atoms with van der Waals surface area (Å²) in [7, 11) is 0. The van der Waals surface area contributed by atoms with Crippen LogP contribution in [-0.4, -0.2) is 75.5 Å². The van der Waals surface area contributed by atoms with Gasteiger partial charge in [-0.3, -0.25) is 14.6 Å². The molecule has 6 heteroatoms. The maximum atomic E-state index is 12.7. The van der Waals surface area contributed by atoms with Gasteiger partial charge >= 0.3 is 0 Å². The molecule has 0 radical (unpaired) electrons. The van der Waals surface area contributed by atoms with Crippen LogP contribution in [0.3, 0.4) is 0 Å². The Hall–Kier alpha value is -1.92. The third kappa shape index (κ3) is 2.91. The van der Waals surface area contributed by atoms with Gasteiger partial charge in [-0.25, -0.2) is 4.98 Å². The molecule has 5 rings (SSSR count). The lowest BCUT2D eigenvalue weighted by Gasteiger charge is -2.43. The number of nitrogens with zero attached hydrogens (tertiary/aromatic N) is 5. The number of piperazine rings is 1. The lowest BCUT2D eigenvalue weighted by molar-refractivity contribution is -0.135. The van der Waals surface area contributed by atoms with E-state index in [9.17, 15) is 4.79 Å². The van der Waals surface area contributed by atoms with E-state index in [1.807, 2.05) is 6.07 Å². The van der Waals surface area contributed by atoms with Gasteiger partial charge in [0.1, 0.15) is 5.82 Å². The largest absolute Gasteiger partial charge is 0.339 e. The van der Waals surface area contributed by atoms with Crippen LogP contribution in [0.5, 0.6) is 0 Å². The van der Waals surface area contributed by atoms with Crippen LogP contribution >= 0.6 is 0 Å². The zero-order valence-corrected chi connectivity index (χ0v) is 15.3. The van der Waals surface area contributed by atoms with Crippen LogP contribution in [0.1, 0.15) is 25.1 Å². The van der Waals surface area contributed by atoms with Gasteiger partial charge in [-0.15, -0.1) is 0 Å². The third-order valence-corrected chi connectivity index (χ3v) is 6.36. The van der Waals surface area contributed by atoms with Crippen molar-refractivity contribution in [3.8, 4) is 0 Å². The molecule has 6 nitrogen and oxygen atoms in total. The molecule has 2 fully saturated rings. The Morgan fingerprint density at radius 1 is 1.04 bits per heavy atom. The number of hydrogen-bond donors (Lipinski definition) is 0. The summed E-state index contributed by atoms with van der Waals surface area (Å²) >= 11 is 0. The Kier molecular flexibility index (Phi) is 4.17. The number of carbonyl (C=O) groups excluding carboxylic acids is 1. The molecule has 2 aliphatic heterocycles. The average molecular weight is 353 g/mol.